The fourth-order valence-electron chi connectivity index (χ4n) is 1.66. The quantitative estimate of drug-likeness (QED) is 0.671. The van der Waals surface area contributed by atoms with Gasteiger partial charge >= 0.3 is 0 Å². The van der Waals surface area contributed by atoms with E-state index in [1.807, 2.05) is 0 Å². The lowest BCUT2D eigenvalue weighted by atomic mass is 10.2. The number of halogens is 1. The number of benzene rings is 1. The molecule has 0 radical (unpaired) electrons. The summed E-state index contributed by atoms with van der Waals surface area (Å²) >= 11 is 5.80. The molecule has 20 heavy (non-hydrogen) atoms. The van der Waals surface area contributed by atoms with E-state index >= 15 is 0 Å². The van der Waals surface area contributed by atoms with Gasteiger partial charge in [-0.1, -0.05) is 23.7 Å². The molecule has 1 heterocycles. The Balaban J connectivity index is 2.14. The van der Waals surface area contributed by atoms with Gasteiger partial charge in [-0.2, -0.15) is 0 Å². The molecule has 0 fully saturated rings. The van der Waals surface area contributed by atoms with Gasteiger partial charge in [0.25, 0.3) is 0 Å². The predicted octanol–water partition coefficient (Wildman–Crippen LogP) is 2.57. The number of sulfonamides is 1. The van der Waals surface area contributed by atoms with Gasteiger partial charge in [0, 0.05) is 5.69 Å². The van der Waals surface area contributed by atoms with E-state index in [4.69, 9.17) is 17.3 Å². The second-order valence-corrected chi connectivity index (χ2v) is 6.51. The molecule has 0 saturated carbocycles. The second-order valence-electron chi connectivity index (χ2n) is 4.43. The molecule has 0 unspecified atom stereocenters. The second kappa shape index (κ2) is 5.68. The maximum Gasteiger partial charge on any atom is 0.236 e. The van der Waals surface area contributed by atoms with Gasteiger partial charge in [0.05, 0.1) is 17.6 Å². The van der Waals surface area contributed by atoms with Crippen molar-refractivity contribution in [2.45, 2.75) is 12.7 Å². The minimum absolute atomic E-state index is 0.130. The van der Waals surface area contributed by atoms with Crippen molar-refractivity contribution in [1.82, 2.24) is 4.98 Å². The minimum Gasteiger partial charge on any atom is -0.399 e. The number of aromatic nitrogens is 1. The Hall–Kier alpha value is -1.79. The lowest BCUT2D eigenvalue weighted by Crippen LogP contribution is -2.15. The summed E-state index contributed by atoms with van der Waals surface area (Å²) in [5, 5.41) is 0.353. The smallest absolute Gasteiger partial charge is 0.236 e. The number of hydrogen-bond acceptors (Lipinski definition) is 4. The third-order valence-corrected chi connectivity index (χ3v) is 4.28. The van der Waals surface area contributed by atoms with E-state index in [1.165, 1.54) is 6.20 Å². The molecule has 0 amide bonds. The SMILES string of the molecule is Cc1cc(NS(=O)(=O)Cc2ccc(N)cc2)cnc1Cl. The Labute approximate surface area is 122 Å². The number of aryl methyl sites for hydroxylation is 1. The number of anilines is 2. The van der Waals surface area contributed by atoms with Crippen LogP contribution in [0.1, 0.15) is 11.1 Å². The van der Waals surface area contributed by atoms with Gasteiger partial charge in [0.2, 0.25) is 10.0 Å². The van der Waals surface area contributed by atoms with Crippen molar-refractivity contribution in [1.29, 1.82) is 0 Å². The van der Waals surface area contributed by atoms with Crippen LogP contribution in [0.25, 0.3) is 0 Å². The van der Waals surface area contributed by atoms with Crippen LogP contribution >= 0.6 is 11.6 Å². The molecule has 0 aliphatic carbocycles. The Morgan fingerprint density at radius 1 is 1.30 bits per heavy atom. The van der Waals surface area contributed by atoms with Crippen molar-refractivity contribution in [3.63, 3.8) is 0 Å². The number of nitrogens with two attached hydrogens (primary N) is 1. The van der Waals surface area contributed by atoms with Gasteiger partial charge in [-0.05, 0) is 36.2 Å². The summed E-state index contributed by atoms with van der Waals surface area (Å²) in [6.07, 6.45) is 1.38. The molecular weight excluding hydrogens is 298 g/mol. The van der Waals surface area contributed by atoms with Crippen LogP contribution in [0.2, 0.25) is 5.15 Å². The maximum absolute atomic E-state index is 12.0. The fraction of sp³-hybridized carbons (Fsp3) is 0.154. The standard InChI is InChI=1S/C13H14ClN3O2S/c1-9-6-12(7-16-13(9)14)17-20(18,19)8-10-2-4-11(15)5-3-10/h2-7,17H,8,15H2,1H3. The van der Waals surface area contributed by atoms with Crippen LogP contribution in [-0.2, 0) is 15.8 Å². The molecule has 0 saturated heterocycles. The Morgan fingerprint density at radius 2 is 1.95 bits per heavy atom. The normalized spacial score (nSPS) is 11.3. The lowest BCUT2D eigenvalue weighted by Gasteiger charge is -2.09. The van der Waals surface area contributed by atoms with E-state index in [0.717, 1.165) is 0 Å². The first-order valence-corrected chi connectivity index (χ1v) is 7.86. The summed E-state index contributed by atoms with van der Waals surface area (Å²) in [7, 11) is -3.50. The van der Waals surface area contributed by atoms with Gasteiger partial charge in [-0.15, -0.1) is 0 Å². The molecule has 0 aliphatic heterocycles. The summed E-state index contributed by atoms with van der Waals surface area (Å²) in [6.45, 7) is 1.76. The zero-order valence-electron chi connectivity index (χ0n) is 10.8. The zero-order valence-corrected chi connectivity index (χ0v) is 12.4. The molecule has 0 aliphatic rings. The molecule has 0 bridgehead atoms. The van der Waals surface area contributed by atoms with E-state index in [9.17, 15) is 8.42 Å². The minimum atomic E-state index is -3.50. The van der Waals surface area contributed by atoms with Crippen LogP contribution in [0.4, 0.5) is 11.4 Å². The van der Waals surface area contributed by atoms with Crippen LogP contribution in [0, 0.1) is 6.92 Å². The van der Waals surface area contributed by atoms with Gasteiger partial charge < -0.3 is 5.73 Å². The van der Waals surface area contributed by atoms with Crippen molar-refractivity contribution in [3.8, 4) is 0 Å². The molecule has 106 valence electrons. The molecule has 7 heteroatoms. The highest BCUT2D eigenvalue weighted by Crippen LogP contribution is 2.18. The number of nitrogens with zero attached hydrogens (tertiary/aromatic N) is 1. The third-order valence-electron chi connectivity index (χ3n) is 2.62. The zero-order chi connectivity index (χ0) is 14.8. The predicted molar refractivity (Wildman–Crippen MR) is 81.1 cm³/mol. The largest absolute Gasteiger partial charge is 0.399 e. The van der Waals surface area contributed by atoms with Crippen LogP contribution in [-0.4, -0.2) is 13.4 Å². The first-order chi connectivity index (χ1) is 9.35. The van der Waals surface area contributed by atoms with E-state index < -0.39 is 10.0 Å². The highest BCUT2D eigenvalue weighted by molar-refractivity contribution is 7.91. The van der Waals surface area contributed by atoms with E-state index in [1.54, 1.807) is 37.3 Å². The first-order valence-electron chi connectivity index (χ1n) is 5.83. The van der Waals surface area contributed by atoms with Crippen LogP contribution in [0.15, 0.2) is 36.5 Å². The van der Waals surface area contributed by atoms with Crippen LogP contribution < -0.4 is 10.5 Å². The molecule has 0 spiro atoms. The fourth-order valence-corrected chi connectivity index (χ4v) is 2.94. The van der Waals surface area contributed by atoms with Crippen molar-refractivity contribution < 1.29 is 8.42 Å². The Kier molecular flexibility index (Phi) is 4.15. The summed E-state index contributed by atoms with van der Waals surface area (Å²) < 4.78 is 26.6. The van der Waals surface area contributed by atoms with Crippen molar-refractivity contribution in [2.24, 2.45) is 0 Å². The molecule has 1 aromatic heterocycles. The molecule has 2 rings (SSSR count). The topological polar surface area (TPSA) is 85.1 Å². The summed E-state index contributed by atoms with van der Waals surface area (Å²) in [5.41, 5.74) is 7.91. The molecule has 2 aromatic rings. The average Bonchev–Trinajstić information content (AvgIpc) is 2.36. The van der Waals surface area contributed by atoms with Crippen LogP contribution in [0.3, 0.4) is 0 Å². The molecule has 5 nitrogen and oxygen atoms in total. The van der Waals surface area contributed by atoms with Crippen molar-refractivity contribution in [2.75, 3.05) is 10.5 Å². The third kappa shape index (κ3) is 3.85. The van der Waals surface area contributed by atoms with E-state index in [2.05, 4.69) is 9.71 Å². The number of nitrogen functional groups attached to an aromatic ring is 1. The number of pyridine rings is 1. The van der Waals surface area contributed by atoms with Gasteiger partial charge in [0.1, 0.15) is 5.15 Å². The van der Waals surface area contributed by atoms with E-state index in [0.29, 0.717) is 27.7 Å². The summed E-state index contributed by atoms with van der Waals surface area (Å²) in [5.74, 6) is -0.130. The Bertz CT molecular complexity index is 715. The summed E-state index contributed by atoms with van der Waals surface area (Å²) in [4.78, 5) is 3.90. The van der Waals surface area contributed by atoms with Crippen molar-refractivity contribution >= 4 is 33.0 Å². The first kappa shape index (κ1) is 14.6. The molecule has 3 N–H and O–H groups in total. The lowest BCUT2D eigenvalue weighted by molar-refractivity contribution is 0.600. The van der Waals surface area contributed by atoms with Gasteiger partial charge in [-0.25, -0.2) is 13.4 Å². The van der Waals surface area contributed by atoms with E-state index in [-0.39, 0.29) is 5.75 Å². The van der Waals surface area contributed by atoms with Crippen LogP contribution in [0.5, 0.6) is 0 Å². The number of rotatable bonds is 4. The number of hydrogen-bond donors (Lipinski definition) is 2. The highest BCUT2D eigenvalue weighted by atomic mass is 35.5. The van der Waals surface area contributed by atoms with Gasteiger partial charge in [0.15, 0.2) is 0 Å². The monoisotopic (exact) mass is 311 g/mol. The number of nitrogens with one attached hydrogen (secondary N) is 1. The highest BCUT2D eigenvalue weighted by Gasteiger charge is 2.12. The molecule has 1 aromatic carbocycles. The summed E-state index contributed by atoms with van der Waals surface area (Å²) in [6, 6.07) is 8.33. The average molecular weight is 312 g/mol. The molecular formula is C13H14ClN3O2S. The Morgan fingerprint density at radius 3 is 2.55 bits per heavy atom. The maximum atomic E-state index is 12.0. The van der Waals surface area contributed by atoms with Gasteiger partial charge in [-0.3, -0.25) is 4.72 Å². The van der Waals surface area contributed by atoms with Crippen molar-refractivity contribution in [3.05, 3.63) is 52.8 Å². The molecule has 0 atom stereocenters.